The molecule has 0 radical (unpaired) electrons. The van der Waals surface area contributed by atoms with E-state index in [9.17, 15) is 0 Å². The fourth-order valence-electron chi connectivity index (χ4n) is 2.48. The Morgan fingerprint density at radius 1 is 1.25 bits per heavy atom. The molecule has 0 aliphatic carbocycles. The molecule has 0 unspecified atom stereocenters. The zero-order chi connectivity index (χ0) is 11.5. The number of rotatable bonds is 2. The first kappa shape index (κ1) is 11.6. The second-order valence-corrected chi connectivity index (χ2v) is 4.94. The third kappa shape index (κ3) is 3.06. The Hall–Kier alpha value is -0.860. The smallest absolute Gasteiger partial charge is 0.0678 e. The quantitative estimate of drug-likeness (QED) is 0.758. The van der Waals surface area contributed by atoms with E-state index in [0.717, 1.165) is 19.6 Å². The summed E-state index contributed by atoms with van der Waals surface area (Å²) in [6, 6.07) is 8.76. The van der Waals surface area contributed by atoms with Crippen molar-refractivity contribution in [2.45, 2.75) is 39.5 Å². The van der Waals surface area contributed by atoms with E-state index in [2.05, 4.69) is 49.9 Å². The van der Waals surface area contributed by atoms with Crippen molar-refractivity contribution in [1.29, 1.82) is 0 Å². The first-order valence-electron chi connectivity index (χ1n) is 6.07. The summed E-state index contributed by atoms with van der Waals surface area (Å²) in [5, 5.41) is 0. The van der Waals surface area contributed by atoms with Gasteiger partial charge in [0.1, 0.15) is 0 Å². The maximum absolute atomic E-state index is 5.74. The highest BCUT2D eigenvalue weighted by atomic mass is 16.5. The molecule has 1 aliphatic rings. The van der Waals surface area contributed by atoms with Crippen LogP contribution in [0.5, 0.6) is 0 Å². The van der Waals surface area contributed by atoms with Gasteiger partial charge in [0, 0.05) is 19.6 Å². The minimum Gasteiger partial charge on any atom is -0.373 e. The van der Waals surface area contributed by atoms with Gasteiger partial charge in [-0.1, -0.05) is 29.8 Å². The van der Waals surface area contributed by atoms with E-state index in [-0.39, 0.29) is 0 Å². The van der Waals surface area contributed by atoms with Crippen molar-refractivity contribution in [3.63, 3.8) is 0 Å². The predicted octanol–water partition coefficient (Wildman–Crippen LogP) is 2.60. The van der Waals surface area contributed by atoms with E-state index in [1.165, 1.54) is 11.1 Å². The van der Waals surface area contributed by atoms with Crippen LogP contribution in [0, 0.1) is 6.92 Å². The van der Waals surface area contributed by atoms with E-state index in [4.69, 9.17) is 4.74 Å². The Kier molecular flexibility index (Phi) is 3.62. The molecule has 1 aromatic carbocycles. The first-order valence-corrected chi connectivity index (χ1v) is 6.07. The Bertz CT molecular complexity index is 340. The highest BCUT2D eigenvalue weighted by Gasteiger charge is 2.21. The third-order valence-electron chi connectivity index (χ3n) is 2.98. The zero-order valence-electron chi connectivity index (χ0n) is 10.4. The number of benzene rings is 1. The highest BCUT2D eigenvalue weighted by molar-refractivity contribution is 5.22. The molecule has 2 atom stereocenters. The van der Waals surface area contributed by atoms with Gasteiger partial charge in [0.05, 0.1) is 12.2 Å². The molecule has 0 amide bonds. The van der Waals surface area contributed by atoms with Gasteiger partial charge >= 0.3 is 0 Å². The molecule has 0 N–H and O–H groups in total. The first-order chi connectivity index (χ1) is 7.63. The second kappa shape index (κ2) is 4.98. The van der Waals surface area contributed by atoms with Crippen LogP contribution in [-0.2, 0) is 11.3 Å². The summed E-state index contributed by atoms with van der Waals surface area (Å²) < 4.78 is 5.74. The largest absolute Gasteiger partial charge is 0.373 e. The monoisotopic (exact) mass is 219 g/mol. The standard InChI is InChI=1S/C14H21NO/c1-11-5-4-6-14(7-11)10-15-8-12(2)16-13(3)9-15/h4-7,12-13H,8-10H2,1-3H3/t12-,13+. The topological polar surface area (TPSA) is 12.5 Å². The minimum atomic E-state index is 0.355. The van der Waals surface area contributed by atoms with Crippen LogP contribution >= 0.6 is 0 Å². The van der Waals surface area contributed by atoms with Crippen LogP contribution in [0.3, 0.4) is 0 Å². The Morgan fingerprint density at radius 3 is 2.56 bits per heavy atom. The number of ether oxygens (including phenoxy) is 1. The lowest BCUT2D eigenvalue weighted by atomic mass is 10.1. The average Bonchev–Trinajstić information content (AvgIpc) is 2.15. The SMILES string of the molecule is Cc1cccc(CN2C[C@@H](C)O[C@@H](C)C2)c1. The molecule has 1 aliphatic heterocycles. The molecule has 1 fully saturated rings. The van der Waals surface area contributed by atoms with Gasteiger partial charge < -0.3 is 4.74 Å². The Labute approximate surface area is 98.2 Å². The summed E-state index contributed by atoms with van der Waals surface area (Å²) in [4.78, 5) is 2.48. The molecular formula is C14H21NO. The van der Waals surface area contributed by atoms with E-state index in [1.807, 2.05) is 0 Å². The van der Waals surface area contributed by atoms with Crippen molar-refractivity contribution in [1.82, 2.24) is 4.90 Å². The molecule has 2 heteroatoms. The molecule has 0 spiro atoms. The van der Waals surface area contributed by atoms with Crippen LogP contribution in [0.1, 0.15) is 25.0 Å². The van der Waals surface area contributed by atoms with Crippen LogP contribution in [0.2, 0.25) is 0 Å². The van der Waals surface area contributed by atoms with Gasteiger partial charge in [-0.25, -0.2) is 0 Å². The van der Waals surface area contributed by atoms with Gasteiger partial charge in [0.2, 0.25) is 0 Å². The Morgan fingerprint density at radius 2 is 1.94 bits per heavy atom. The van der Waals surface area contributed by atoms with Gasteiger partial charge in [-0.2, -0.15) is 0 Å². The van der Waals surface area contributed by atoms with E-state index in [1.54, 1.807) is 0 Å². The van der Waals surface area contributed by atoms with Crippen molar-refractivity contribution in [3.8, 4) is 0 Å². The zero-order valence-corrected chi connectivity index (χ0v) is 10.4. The summed E-state index contributed by atoms with van der Waals surface area (Å²) in [7, 11) is 0. The predicted molar refractivity (Wildman–Crippen MR) is 66.5 cm³/mol. The molecule has 1 saturated heterocycles. The van der Waals surface area contributed by atoms with Crippen LogP contribution < -0.4 is 0 Å². The normalized spacial score (nSPS) is 26.9. The summed E-state index contributed by atoms with van der Waals surface area (Å²) >= 11 is 0. The number of hydrogen-bond donors (Lipinski definition) is 0. The molecule has 0 aromatic heterocycles. The molecule has 88 valence electrons. The molecule has 0 bridgehead atoms. The van der Waals surface area contributed by atoms with Crippen LogP contribution in [0.15, 0.2) is 24.3 Å². The molecular weight excluding hydrogens is 198 g/mol. The van der Waals surface area contributed by atoms with Crippen molar-refractivity contribution in [2.75, 3.05) is 13.1 Å². The second-order valence-electron chi connectivity index (χ2n) is 4.94. The summed E-state index contributed by atoms with van der Waals surface area (Å²) in [5.74, 6) is 0. The number of nitrogens with zero attached hydrogens (tertiary/aromatic N) is 1. The number of hydrogen-bond acceptors (Lipinski definition) is 2. The Balaban J connectivity index is 1.98. The van der Waals surface area contributed by atoms with E-state index < -0.39 is 0 Å². The van der Waals surface area contributed by atoms with Gasteiger partial charge in [0.25, 0.3) is 0 Å². The van der Waals surface area contributed by atoms with E-state index >= 15 is 0 Å². The molecule has 2 rings (SSSR count). The van der Waals surface area contributed by atoms with Crippen molar-refractivity contribution >= 4 is 0 Å². The maximum atomic E-state index is 5.74. The minimum absolute atomic E-state index is 0.355. The fraction of sp³-hybridized carbons (Fsp3) is 0.571. The average molecular weight is 219 g/mol. The molecule has 2 nitrogen and oxygen atoms in total. The maximum Gasteiger partial charge on any atom is 0.0678 e. The van der Waals surface area contributed by atoms with Gasteiger partial charge in [-0.3, -0.25) is 4.90 Å². The van der Waals surface area contributed by atoms with Gasteiger partial charge in [0.15, 0.2) is 0 Å². The summed E-state index contributed by atoms with van der Waals surface area (Å²) in [6.45, 7) is 9.57. The number of aryl methyl sites for hydroxylation is 1. The number of morpholine rings is 1. The summed E-state index contributed by atoms with van der Waals surface area (Å²) in [6.07, 6.45) is 0.710. The molecule has 1 heterocycles. The van der Waals surface area contributed by atoms with E-state index in [0.29, 0.717) is 12.2 Å². The van der Waals surface area contributed by atoms with Crippen LogP contribution in [0.25, 0.3) is 0 Å². The lowest BCUT2D eigenvalue weighted by Gasteiger charge is -2.35. The lowest BCUT2D eigenvalue weighted by molar-refractivity contribution is -0.0704. The molecule has 16 heavy (non-hydrogen) atoms. The van der Waals surface area contributed by atoms with Crippen molar-refractivity contribution in [3.05, 3.63) is 35.4 Å². The van der Waals surface area contributed by atoms with Crippen molar-refractivity contribution < 1.29 is 4.74 Å². The highest BCUT2D eigenvalue weighted by Crippen LogP contribution is 2.14. The fourth-order valence-corrected chi connectivity index (χ4v) is 2.48. The summed E-state index contributed by atoms with van der Waals surface area (Å²) in [5.41, 5.74) is 2.74. The van der Waals surface area contributed by atoms with Gasteiger partial charge in [-0.15, -0.1) is 0 Å². The van der Waals surface area contributed by atoms with Crippen LogP contribution in [-0.4, -0.2) is 30.2 Å². The third-order valence-corrected chi connectivity index (χ3v) is 2.98. The van der Waals surface area contributed by atoms with Gasteiger partial charge in [-0.05, 0) is 26.3 Å². The molecule has 0 saturated carbocycles. The van der Waals surface area contributed by atoms with Crippen LogP contribution in [0.4, 0.5) is 0 Å². The molecule has 1 aromatic rings. The van der Waals surface area contributed by atoms with Crippen molar-refractivity contribution in [2.24, 2.45) is 0 Å². The lowest BCUT2D eigenvalue weighted by Crippen LogP contribution is -2.44.